The topological polar surface area (TPSA) is 0 Å². The van der Waals surface area contributed by atoms with Crippen molar-refractivity contribution in [3.05, 3.63) is 119 Å². The molecule has 1 aliphatic heterocycles. The molecular formula is C25H16Si. The van der Waals surface area contributed by atoms with E-state index in [0.717, 1.165) is 9.52 Å². The summed E-state index contributed by atoms with van der Waals surface area (Å²) < 4.78 is 0. The maximum Gasteiger partial charge on any atom is 0.122 e. The predicted molar refractivity (Wildman–Crippen MR) is 109 cm³/mol. The Morgan fingerprint density at radius 3 is 1.31 bits per heavy atom. The van der Waals surface area contributed by atoms with E-state index in [1.807, 2.05) is 0 Å². The van der Waals surface area contributed by atoms with Crippen LogP contribution in [0.25, 0.3) is 11.1 Å². The summed E-state index contributed by atoms with van der Waals surface area (Å²) in [6.07, 6.45) is 0. The molecule has 4 aromatic carbocycles. The van der Waals surface area contributed by atoms with E-state index in [0.29, 0.717) is 0 Å². The average molecular weight is 344 g/mol. The van der Waals surface area contributed by atoms with Crippen LogP contribution in [0, 0.1) is 0 Å². The molecule has 1 heteroatoms. The second-order valence-corrected chi connectivity index (χ2v) is 8.38. The third kappa shape index (κ3) is 1.59. The molecule has 0 saturated carbocycles. The molecule has 2 radical (unpaired) electrons. The van der Waals surface area contributed by atoms with E-state index in [-0.39, 0.29) is 5.41 Å². The first-order chi connectivity index (χ1) is 12.9. The summed E-state index contributed by atoms with van der Waals surface area (Å²) in [6.45, 7) is 0. The summed E-state index contributed by atoms with van der Waals surface area (Å²) in [7, 11) is 0.719. The van der Waals surface area contributed by atoms with Crippen molar-refractivity contribution in [2.75, 3.05) is 0 Å². The van der Waals surface area contributed by atoms with Gasteiger partial charge in [0.1, 0.15) is 9.52 Å². The number of fused-ring (bicyclic) bond motifs is 9. The second kappa shape index (κ2) is 5.06. The van der Waals surface area contributed by atoms with E-state index in [2.05, 4.69) is 97.1 Å². The molecule has 0 N–H and O–H groups in total. The van der Waals surface area contributed by atoms with Crippen molar-refractivity contribution >= 4 is 19.9 Å². The largest absolute Gasteiger partial charge is 0.122 e. The molecule has 0 amide bonds. The van der Waals surface area contributed by atoms with Crippen LogP contribution in [0.3, 0.4) is 0 Å². The molecule has 0 saturated heterocycles. The lowest BCUT2D eigenvalue weighted by molar-refractivity contribution is 0.775. The molecule has 1 spiro atoms. The summed E-state index contributed by atoms with van der Waals surface area (Å²) >= 11 is 0. The number of hydrogen-bond donors (Lipinski definition) is 0. The van der Waals surface area contributed by atoms with Crippen molar-refractivity contribution in [1.29, 1.82) is 0 Å². The van der Waals surface area contributed by atoms with Gasteiger partial charge in [0.05, 0.1) is 5.41 Å². The molecule has 26 heavy (non-hydrogen) atoms. The molecule has 0 aromatic heterocycles. The molecule has 0 atom stereocenters. The van der Waals surface area contributed by atoms with Crippen molar-refractivity contribution in [3.8, 4) is 11.1 Å². The van der Waals surface area contributed by atoms with Gasteiger partial charge in [0.2, 0.25) is 0 Å². The summed E-state index contributed by atoms with van der Waals surface area (Å²) in [5.41, 5.74) is 8.31. The smallest absolute Gasteiger partial charge is 0.0628 e. The van der Waals surface area contributed by atoms with Gasteiger partial charge in [-0.15, -0.1) is 0 Å². The van der Waals surface area contributed by atoms with E-state index in [1.54, 1.807) is 0 Å². The quantitative estimate of drug-likeness (QED) is 0.365. The molecule has 2 aliphatic rings. The first-order valence-corrected chi connectivity index (χ1v) is 10.1. The SMILES string of the molecule is c1ccc2c(c1)[Si]c1ccccc1C21c2ccccc2-c2ccccc21. The molecule has 1 aliphatic carbocycles. The highest BCUT2D eigenvalue weighted by Gasteiger charge is 2.49. The minimum Gasteiger partial charge on any atom is -0.0628 e. The van der Waals surface area contributed by atoms with E-state index in [9.17, 15) is 0 Å². The normalized spacial score (nSPS) is 15.1. The Bertz CT molecular complexity index is 1080. The Hall–Kier alpha value is -2.90. The van der Waals surface area contributed by atoms with Crippen LogP contribution in [0.15, 0.2) is 97.1 Å². The lowest BCUT2D eigenvalue weighted by atomic mass is 9.67. The molecule has 6 rings (SSSR count). The second-order valence-electron chi connectivity index (χ2n) is 7.06. The van der Waals surface area contributed by atoms with Gasteiger partial charge in [-0.05, 0) is 33.4 Å². The van der Waals surface area contributed by atoms with E-state index < -0.39 is 0 Å². The average Bonchev–Trinajstić information content (AvgIpc) is 3.00. The summed E-state index contributed by atoms with van der Waals surface area (Å²) in [4.78, 5) is 0. The highest BCUT2D eigenvalue weighted by Crippen LogP contribution is 2.55. The molecule has 120 valence electrons. The van der Waals surface area contributed by atoms with Gasteiger partial charge in [-0.3, -0.25) is 0 Å². The standard InChI is InChI=1S/C25H16Si/c1-3-11-19-17(9-1)18-10-2-4-12-20(18)25(19)21-13-5-7-15-23(21)26-24-16-8-6-14-22(24)25/h1-16H. The number of rotatable bonds is 0. The molecule has 0 unspecified atom stereocenters. The maximum absolute atomic E-state index is 2.34. The van der Waals surface area contributed by atoms with Crippen LogP contribution in [-0.2, 0) is 5.41 Å². The van der Waals surface area contributed by atoms with Crippen LogP contribution in [0.1, 0.15) is 22.3 Å². The molecule has 4 aromatic rings. The monoisotopic (exact) mass is 344 g/mol. The van der Waals surface area contributed by atoms with Gasteiger partial charge in [0.25, 0.3) is 0 Å². The first kappa shape index (κ1) is 14.3. The lowest BCUT2D eigenvalue weighted by Crippen LogP contribution is -2.48. The van der Waals surface area contributed by atoms with Gasteiger partial charge < -0.3 is 0 Å². The Morgan fingerprint density at radius 1 is 0.423 bits per heavy atom. The Kier molecular flexibility index (Phi) is 2.78. The third-order valence-corrected chi connectivity index (χ3v) is 7.29. The summed E-state index contributed by atoms with van der Waals surface area (Å²) in [6, 6.07) is 36.0. The first-order valence-electron chi connectivity index (χ1n) is 9.06. The Balaban J connectivity index is 1.87. The number of hydrogen-bond acceptors (Lipinski definition) is 0. The van der Waals surface area contributed by atoms with Crippen molar-refractivity contribution in [1.82, 2.24) is 0 Å². The number of benzene rings is 4. The fourth-order valence-corrected chi connectivity index (χ4v) is 6.40. The maximum atomic E-state index is 2.34. The molecule has 0 bridgehead atoms. The fourth-order valence-electron chi connectivity index (χ4n) is 4.94. The van der Waals surface area contributed by atoms with Crippen LogP contribution in [0.5, 0.6) is 0 Å². The zero-order valence-electron chi connectivity index (χ0n) is 14.2. The predicted octanol–water partition coefficient (Wildman–Crippen LogP) is 4.02. The Labute approximate surface area is 156 Å². The third-order valence-electron chi connectivity index (χ3n) is 5.88. The molecular weight excluding hydrogens is 328 g/mol. The molecule has 1 heterocycles. The van der Waals surface area contributed by atoms with E-state index in [4.69, 9.17) is 0 Å². The minimum absolute atomic E-state index is 0.189. The fraction of sp³-hybridized carbons (Fsp3) is 0.0400. The molecule has 0 fully saturated rings. The summed E-state index contributed by atoms with van der Waals surface area (Å²) in [5, 5.41) is 2.94. The van der Waals surface area contributed by atoms with Gasteiger partial charge in [0, 0.05) is 0 Å². The van der Waals surface area contributed by atoms with Crippen molar-refractivity contribution in [2.45, 2.75) is 5.41 Å². The highest BCUT2D eigenvalue weighted by atomic mass is 28.2. The van der Waals surface area contributed by atoms with Crippen molar-refractivity contribution in [3.63, 3.8) is 0 Å². The Morgan fingerprint density at radius 2 is 0.808 bits per heavy atom. The van der Waals surface area contributed by atoms with Gasteiger partial charge in [-0.1, -0.05) is 107 Å². The molecule has 0 nitrogen and oxygen atoms in total. The minimum atomic E-state index is -0.189. The van der Waals surface area contributed by atoms with Gasteiger partial charge in [-0.2, -0.15) is 0 Å². The van der Waals surface area contributed by atoms with Crippen LogP contribution in [0.4, 0.5) is 0 Å². The van der Waals surface area contributed by atoms with Crippen molar-refractivity contribution < 1.29 is 0 Å². The lowest BCUT2D eigenvalue weighted by Gasteiger charge is -2.40. The van der Waals surface area contributed by atoms with Crippen LogP contribution in [-0.4, -0.2) is 9.52 Å². The zero-order chi connectivity index (χ0) is 17.1. The zero-order valence-corrected chi connectivity index (χ0v) is 15.2. The van der Waals surface area contributed by atoms with Crippen LogP contribution in [0.2, 0.25) is 0 Å². The van der Waals surface area contributed by atoms with Crippen LogP contribution < -0.4 is 10.4 Å². The van der Waals surface area contributed by atoms with Gasteiger partial charge in [-0.25, -0.2) is 0 Å². The van der Waals surface area contributed by atoms with E-state index in [1.165, 1.54) is 43.8 Å². The van der Waals surface area contributed by atoms with Crippen molar-refractivity contribution in [2.24, 2.45) is 0 Å². The van der Waals surface area contributed by atoms with Gasteiger partial charge >= 0.3 is 0 Å². The van der Waals surface area contributed by atoms with Crippen LogP contribution >= 0.6 is 0 Å². The van der Waals surface area contributed by atoms with E-state index >= 15 is 0 Å². The van der Waals surface area contributed by atoms with Gasteiger partial charge in [0.15, 0.2) is 0 Å². The summed E-state index contributed by atoms with van der Waals surface area (Å²) in [5.74, 6) is 0. The highest BCUT2D eigenvalue weighted by molar-refractivity contribution is 6.69.